The van der Waals surface area contributed by atoms with Gasteiger partial charge in [-0.1, -0.05) is 24.3 Å². The van der Waals surface area contributed by atoms with Gasteiger partial charge in [-0.2, -0.15) is 12.6 Å². The van der Waals surface area contributed by atoms with Crippen molar-refractivity contribution in [3.63, 3.8) is 0 Å². The fourth-order valence-corrected chi connectivity index (χ4v) is 1.62. The average Bonchev–Trinajstić information content (AvgIpc) is 2.37. The minimum Gasteiger partial charge on any atom is -0.351 e. The monoisotopic (exact) mass is 252 g/mol. The van der Waals surface area contributed by atoms with Crippen LogP contribution in [0.4, 0.5) is 0 Å². The molecule has 1 atom stereocenters. The highest BCUT2D eigenvalue weighted by Crippen LogP contribution is 2.06. The van der Waals surface area contributed by atoms with Crippen molar-refractivity contribution in [1.82, 2.24) is 10.6 Å². The van der Waals surface area contributed by atoms with Crippen LogP contribution in [0, 0.1) is 0 Å². The number of rotatable bonds is 6. The Morgan fingerprint density at radius 3 is 2.41 bits per heavy atom. The molecule has 2 N–H and O–H groups in total. The molecule has 0 unspecified atom stereocenters. The fourth-order valence-electron chi connectivity index (χ4n) is 1.51. The molecule has 1 amide bonds. The van der Waals surface area contributed by atoms with Gasteiger partial charge in [0, 0.05) is 12.6 Å². The summed E-state index contributed by atoms with van der Waals surface area (Å²) in [4.78, 5) is 11.0. The number of carbonyl (C=O) groups excluding carboxylic acids is 1. The average molecular weight is 252 g/mol. The SMILES string of the molecule is CN[C@H](C)Cc1ccc(CNC(=O)CS)cc1. The normalized spacial score (nSPS) is 12.2. The molecule has 0 saturated carbocycles. The summed E-state index contributed by atoms with van der Waals surface area (Å²) in [6.07, 6.45) is 1.01. The Labute approximate surface area is 108 Å². The number of carbonyl (C=O) groups is 1. The molecule has 0 saturated heterocycles. The van der Waals surface area contributed by atoms with Gasteiger partial charge in [0.05, 0.1) is 5.75 Å². The van der Waals surface area contributed by atoms with Crippen LogP contribution in [-0.2, 0) is 17.8 Å². The molecule has 1 aromatic carbocycles. The fraction of sp³-hybridized carbons (Fsp3) is 0.462. The Hall–Kier alpha value is -1.00. The van der Waals surface area contributed by atoms with Gasteiger partial charge in [-0.25, -0.2) is 0 Å². The summed E-state index contributed by atoms with van der Waals surface area (Å²) < 4.78 is 0. The van der Waals surface area contributed by atoms with Gasteiger partial charge >= 0.3 is 0 Å². The van der Waals surface area contributed by atoms with Crippen LogP contribution in [0.3, 0.4) is 0 Å². The highest BCUT2D eigenvalue weighted by atomic mass is 32.1. The van der Waals surface area contributed by atoms with E-state index in [1.807, 2.05) is 7.05 Å². The van der Waals surface area contributed by atoms with E-state index in [0.29, 0.717) is 12.6 Å². The molecular weight excluding hydrogens is 232 g/mol. The molecule has 0 spiro atoms. The summed E-state index contributed by atoms with van der Waals surface area (Å²) in [5.41, 5.74) is 2.41. The number of amides is 1. The Morgan fingerprint density at radius 2 is 1.88 bits per heavy atom. The van der Waals surface area contributed by atoms with Gasteiger partial charge < -0.3 is 10.6 Å². The molecule has 1 rings (SSSR count). The first kappa shape index (κ1) is 14.1. The maximum atomic E-state index is 11.0. The van der Waals surface area contributed by atoms with E-state index in [0.717, 1.165) is 12.0 Å². The van der Waals surface area contributed by atoms with Crippen LogP contribution in [0.25, 0.3) is 0 Å². The van der Waals surface area contributed by atoms with Crippen LogP contribution < -0.4 is 10.6 Å². The minimum atomic E-state index is -0.0405. The lowest BCUT2D eigenvalue weighted by molar-refractivity contribution is -0.118. The van der Waals surface area contributed by atoms with Crippen LogP contribution in [0.15, 0.2) is 24.3 Å². The molecule has 4 heteroatoms. The topological polar surface area (TPSA) is 41.1 Å². The van der Waals surface area contributed by atoms with Gasteiger partial charge in [0.25, 0.3) is 0 Å². The van der Waals surface area contributed by atoms with Crippen LogP contribution in [0.5, 0.6) is 0 Å². The first-order chi connectivity index (χ1) is 8.15. The lowest BCUT2D eigenvalue weighted by atomic mass is 10.1. The zero-order chi connectivity index (χ0) is 12.7. The molecule has 0 radical (unpaired) electrons. The van der Waals surface area contributed by atoms with Crippen molar-refractivity contribution in [2.24, 2.45) is 0 Å². The molecule has 0 heterocycles. The van der Waals surface area contributed by atoms with Crippen molar-refractivity contribution in [1.29, 1.82) is 0 Å². The van der Waals surface area contributed by atoms with Crippen molar-refractivity contribution in [3.8, 4) is 0 Å². The first-order valence-corrected chi connectivity index (χ1v) is 6.41. The van der Waals surface area contributed by atoms with E-state index in [9.17, 15) is 4.79 Å². The highest BCUT2D eigenvalue weighted by Gasteiger charge is 2.01. The third-order valence-electron chi connectivity index (χ3n) is 2.69. The van der Waals surface area contributed by atoms with Crippen LogP contribution in [0.2, 0.25) is 0 Å². The third-order valence-corrected chi connectivity index (χ3v) is 2.98. The molecule has 94 valence electrons. The van der Waals surface area contributed by atoms with Gasteiger partial charge in [0.1, 0.15) is 0 Å². The predicted octanol–water partition coefficient (Wildman–Crippen LogP) is 1.38. The van der Waals surface area contributed by atoms with Gasteiger partial charge in [0.15, 0.2) is 0 Å². The van der Waals surface area contributed by atoms with Crippen molar-refractivity contribution in [2.45, 2.75) is 25.9 Å². The second-order valence-electron chi connectivity index (χ2n) is 4.15. The summed E-state index contributed by atoms with van der Waals surface area (Å²) in [7, 11) is 1.96. The van der Waals surface area contributed by atoms with Gasteiger partial charge in [-0.05, 0) is 31.5 Å². The summed E-state index contributed by atoms with van der Waals surface area (Å²) in [5.74, 6) is 0.193. The number of hydrogen-bond donors (Lipinski definition) is 3. The number of likely N-dealkylation sites (N-methyl/N-ethyl adjacent to an activating group) is 1. The Bertz CT molecular complexity index is 351. The standard InChI is InChI=1S/C13H20N2OS/c1-10(14-2)7-11-3-5-12(6-4-11)8-15-13(16)9-17/h3-6,10,14,17H,7-9H2,1-2H3,(H,15,16)/t10-/m1/s1. The summed E-state index contributed by atoms with van der Waals surface area (Å²) in [6.45, 7) is 2.72. The number of nitrogens with one attached hydrogen (secondary N) is 2. The van der Waals surface area contributed by atoms with Gasteiger partial charge in [-0.15, -0.1) is 0 Å². The maximum Gasteiger partial charge on any atom is 0.229 e. The van der Waals surface area contributed by atoms with Crippen molar-refractivity contribution in [2.75, 3.05) is 12.8 Å². The third kappa shape index (κ3) is 5.24. The van der Waals surface area contributed by atoms with E-state index in [1.165, 1.54) is 5.56 Å². The first-order valence-electron chi connectivity index (χ1n) is 5.78. The van der Waals surface area contributed by atoms with E-state index in [1.54, 1.807) is 0 Å². The second-order valence-corrected chi connectivity index (χ2v) is 4.46. The van der Waals surface area contributed by atoms with Crippen LogP contribution >= 0.6 is 12.6 Å². The Balaban J connectivity index is 2.47. The summed E-state index contributed by atoms with van der Waals surface area (Å²) >= 11 is 3.91. The Kier molecular flexibility index (Phi) is 6.08. The molecule has 0 aromatic heterocycles. The molecular formula is C13H20N2OS. The molecule has 0 aliphatic carbocycles. The minimum absolute atomic E-state index is 0.0405. The molecule has 0 aliphatic rings. The van der Waals surface area contributed by atoms with E-state index >= 15 is 0 Å². The highest BCUT2D eigenvalue weighted by molar-refractivity contribution is 7.81. The number of benzene rings is 1. The largest absolute Gasteiger partial charge is 0.351 e. The van der Waals surface area contributed by atoms with Crippen LogP contribution in [-0.4, -0.2) is 24.7 Å². The Morgan fingerprint density at radius 1 is 1.29 bits per heavy atom. The molecule has 3 nitrogen and oxygen atoms in total. The lowest BCUT2D eigenvalue weighted by Crippen LogP contribution is -2.24. The molecule has 0 bridgehead atoms. The predicted molar refractivity (Wildman–Crippen MR) is 74.4 cm³/mol. The zero-order valence-corrected chi connectivity index (χ0v) is 11.3. The maximum absolute atomic E-state index is 11.0. The zero-order valence-electron chi connectivity index (χ0n) is 10.4. The number of thiol groups is 1. The quantitative estimate of drug-likeness (QED) is 0.670. The van der Waals surface area contributed by atoms with Crippen molar-refractivity contribution in [3.05, 3.63) is 35.4 Å². The molecule has 17 heavy (non-hydrogen) atoms. The molecule has 0 fully saturated rings. The molecule has 1 aromatic rings. The van der Waals surface area contributed by atoms with Crippen molar-refractivity contribution >= 4 is 18.5 Å². The summed E-state index contributed by atoms with van der Waals surface area (Å²) in [6, 6.07) is 8.80. The number of hydrogen-bond acceptors (Lipinski definition) is 3. The van der Waals surface area contributed by atoms with Crippen LogP contribution in [0.1, 0.15) is 18.1 Å². The van der Waals surface area contributed by atoms with E-state index in [2.05, 4.69) is 54.5 Å². The van der Waals surface area contributed by atoms with E-state index in [4.69, 9.17) is 0 Å². The van der Waals surface area contributed by atoms with Gasteiger partial charge in [0.2, 0.25) is 5.91 Å². The summed E-state index contributed by atoms with van der Waals surface area (Å²) in [5, 5.41) is 6.00. The van der Waals surface area contributed by atoms with E-state index < -0.39 is 0 Å². The second kappa shape index (κ2) is 7.35. The lowest BCUT2D eigenvalue weighted by Gasteiger charge is -2.10. The molecule has 0 aliphatic heterocycles. The van der Waals surface area contributed by atoms with E-state index in [-0.39, 0.29) is 11.7 Å². The van der Waals surface area contributed by atoms with Crippen molar-refractivity contribution < 1.29 is 4.79 Å². The van der Waals surface area contributed by atoms with Gasteiger partial charge in [-0.3, -0.25) is 4.79 Å². The smallest absolute Gasteiger partial charge is 0.229 e.